The molecule has 0 bridgehead atoms. The van der Waals surface area contributed by atoms with Crippen LogP contribution >= 0.6 is 0 Å². The third-order valence-electron chi connectivity index (χ3n) is 8.92. The van der Waals surface area contributed by atoms with Crippen LogP contribution in [0.3, 0.4) is 0 Å². The van der Waals surface area contributed by atoms with Gasteiger partial charge in [0, 0.05) is 18.2 Å². The van der Waals surface area contributed by atoms with Gasteiger partial charge >= 0.3 is 0 Å². The summed E-state index contributed by atoms with van der Waals surface area (Å²) in [5.74, 6) is -1.44. The predicted octanol–water partition coefficient (Wildman–Crippen LogP) is 12.1. The normalized spacial score (nSPS) is 12.1. The van der Waals surface area contributed by atoms with Crippen molar-refractivity contribution < 1.29 is 27.4 Å². The van der Waals surface area contributed by atoms with E-state index in [1.54, 1.807) is 36.4 Å². The van der Waals surface area contributed by atoms with Crippen molar-refractivity contribution in [1.82, 2.24) is 0 Å². The Morgan fingerprint density at radius 2 is 0.615 bits per heavy atom. The van der Waals surface area contributed by atoms with Gasteiger partial charge in [-0.1, -0.05) is 91.0 Å². The molecule has 0 saturated carbocycles. The van der Waals surface area contributed by atoms with Gasteiger partial charge in [-0.2, -0.15) is 0 Å². The third-order valence-corrected chi connectivity index (χ3v) is 11.1. The average Bonchev–Trinajstić information content (AvgIpc) is 3.13. The average molecular weight is 720 g/mol. The highest BCUT2D eigenvalue weighted by Crippen LogP contribution is 2.41. The van der Waals surface area contributed by atoms with E-state index in [-0.39, 0.29) is 17.2 Å². The second-order valence-electron chi connectivity index (χ2n) is 14.0. The minimum Gasteiger partial charge on any atom is -0.480 e. The van der Waals surface area contributed by atoms with Gasteiger partial charge in [0.15, 0.2) is 49.4 Å². The van der Waals surface area contributed by atoms with Gasteiger partial charge in [-0.15, -0.1) is 0 Å². The van der Waals surface area contributed by atoms with Crippen LogP contribution in [-0.2, 0) is 27.7 Å². The summed E-state index contributed by atoms with van der Waals surface area (Å²) in [6.07, 6.45) is 0. The van der Waals surface area contributed by atoms with Gasteiger partial charge < -0.3 is 14.2 Å². The first-order valence-corrected chi connectivity index (χ1v) is 18.3. The van der Waals surface area contributed by atoms with E-state index in [2.05, 4.69) is 0 Å². The van der Waals surface area contributed by atoms with Gasteiger partial charge in [-0.25, -0.2) is 13.2 Å². The van der Waals surface area contributed by atoms with Crippen molar-refractivity contribution >= 4 is 10.9 Å². The SMILES string of the molecule is CC(C)(Oc1cc([S+](c2ccc(F)c(OC(C)(C)c3ccccc3)c2)c2ccc(F)c(OC(C)(C)c3ccccc3)c2)ccc1F)c1ccccc1. The van der Waals surface area contributed by atoms with Crippen molar-refractivity contribution in [2.24, 2.45) is 0 Å². The van der Waals surface area contributed by atoms with E-state index >= 15 is 13.2 Å². The molecule has 0 aliphatic carbocycles. The summed E-state index contributed by atoms with van der Waals surface area (Å²) in [6.45, 7) is 11.3. The fourth-order valence-electron chi connectivity index (χ4n) is 5.99. The van der Waals surface area contributed by atoms with Gasteiger partial charge in [0.05, 0.1) is 10.9 Å². The highest BCUT2D eigenvalue weighted by molar-refractivity contribution is 7.97. The second-order valence-corrected chi connectivity index (χ2v) is 16.0. The molecule has 6 aromatic rings. The van der Waals surface area contributed by atoms with Crippen LogP contribution in [0.25, 0.3) is 0 Å². The lowest BCUT2D eigenvalue weighted by molar-refractivity contribution is 0.102. The Morgan fingerprint density at radius 3 is 0.865 bits per heavy atom. The van der Waals surface area contributed by atoms with Gasteiger partial charge in [-0.3, -0.25) is 0 Å². The van der Waals surface area contributed by atoms with Crippen molar-refractivity contribution in [3.05, 3.63) is 180 Å². The molecular weight excluding hydrogens is 678 g/mol. The van der Waals surface area contributed by atoms with Crippen LogP contribution in [0, 0.1) is 17.5 Å². The number of halogens is 3. The number of ether oxygens (including phenoxy) is 3. The molecule has 0 aliphatic heterocycles. The zero-order valence-electron chi connectivity index (χ0n) is 30.1. The van der Waals surface area contributed by atoms with Crippen molar-refractivity contribution in [2.75, 3.05) is 0 Å². The molecule has 0 unspecified atom stereocenters. The van der Waals surface area contributed by atoms with E-state index in [0.29, 0.717) is 14.7 Å². The molecule has 6 rings (SSSR count). The summed E-state index contributed by atoms with van der Waals surface area (Å²) in [6, 6.07) is 42.9. The lowest BCUT2D eigenvalue weighted by atomic mass is 9.98. The van der Waals surface area contributed by atoms with Crippen LogP contribution in [0.4, 0.5) is 13.2 Å². The molecule has 7 heteroatoms. The Bertz CT molecular complexity index is 1890. The molecule has 266 valence electrons. The maximum atomic E-state index is 15.6. The van der Waals surface area contributed by atoms with E-state index in [1.165, 1.54) is 18.2 Å². The summed E-state index contributed by atoms with van der Waals surface area (Å²) in [4.78, 5) is 2.00. The highest BCUT2D eigenvalue weighted by atomic mass is 32.2. The fraction of sp³-hybridized carbons (Fsp3) is 0.200. The predicted molar refractivity (Wildman–Crippen MR) is 202 cm³/mol. The van der Waals surface area contributed by atoms with Crippen LogP contribution in [0.2, 0.25) is 0 Å². The van der Waals surface area contributed by atoms with Crippen LogP contribution in [0.15, 0.2) is 160 Å². The molecular formula is C45H42F3O3S+. The molecule has 0 amide bonds. The largest absolute Gasteiger partial charge is 0.480 e. The highest BCUT2D eigenvalue weighted by Gasteiger charge is 2.35. The molecule has 0 atom stereocenters. The molecule has 6 aromatic carbocycles. The summed E-state index contributed by atoms with van der Waals surface area (Å²) in [5.41, 5.74) is 0.0433. The molecule has 0 aliphatic rings. The van der Waals surface area contributed by atoms with Crippen molar-refractivity contribution in [3.63, 3.8) is 0 Å². The summed E-state index contributed by atoms with van der Waals surface area (Å²) >= 11 is 0. The molecule has 0 fully saturated rings. The maximum Gasteiger partial charge on any atom is 0.170 e. The number of hydrogen-bond donors (Lipinski definition) is 0. The smallest absolute Gasteiger partial charge is 0.170 e. The topological polar surface area (TPSA) is 27.7 Å². The number of rotatable bonds is 12. The maximum absolute atomic E-state index is 15.6. The Hall–Kier alpha value is -5.14. The molecule has 52 heavy (non-hydrogen) atoms. The Morgan fingerprint density at radius 1 is 0.365 bits per heavy atom. The summed E-state index contributed by atoms with van der Waals surface area (Å²) < 4.78 is 65.7. The summed E-state index contributed by atoms with van der Waals surface area (Å²) in [7, 11) is -1.03. The monoisotopic (exact) mass is 719 g/mol. The zero-order chi connectivity index (χ0) is 37.1. The van der Waals surface area contributed by atoms with E-state index in [4.69, 9.17) is 14.2 Å². The number of hydrogen-bond acceptors (Lipinski definition) is 3. The van der Waals surface area contributed by atoms with Crippen LogP contribution in [0.1, 0.15) is 58.2 Å². The molecule has 3 nitrogen and oxygen atoms in total. The summed E-state index contributed by atoms with van der Waals surface area (Å²) in [5, 5.41) is 0. The van der Waals surface area contributed by atoms with Crippen LogP contribution < -0.4 is 14.2 Å². The van der Waals surface area contributed by atoms with Crippen LogP contribution in [0.5, 0.6) is 17.2 Å². The minimum atomic E-state index is -1.03. The Kier molecular flexibility index (Phi) is 10.5. The lowest BCUT2D eigenvalue weighted by Crippen LogP contribution is -2.26. The molecule has 0 spiro atoms. The van der Waals surface area contributed by atoms with Gasteiger partial charge in [0.25, 0.3) is 0 Å². The van der Waals surface area contributed by atoms with Crippen molar-refractivity contribution in [2.45, 2.75) is 73.0 Å². The van der Waals surface area contributed by atoms with Gasteiger partial charge in [0.1, 0.15) is 16.8 Å². The van der Waals surface area contributed by atoms with E-state index in [9.17, 15) is 0 Å². The molecule has 0 aromatic heterocycles. The van der Waals surface area contributed by atoms with E-state index in [1.807, 2.05) is 133 Å². The van der Waals surface area contributed by atoms with E-state index in [0.717, 1.165) is 16.7 Å². The van der Waals surface area contributed by atoms with Crippen molar-refractivity contribution in [3.8, 4) is 17.2 Å². The standard InChI is InChI=1S/C45H42F3O3S/c1-43(2,31-16-10-7-11-17-31)49-40-28-34(22-25-37(40)46)52(35-23-26-38(47)41(29-35)50-44(3,4)32-18-12-8-13-19-32)36-24-27-39(48)42(30-36)51-45(5,6)33-20-14-9-15-21-33/h7-30H,1-6H3/q+1. The second kappa shape index (κ2) is 14.8. The van der Waals surface area contributed by atoms with E-state index < -0.39 is 45.1 Å². The first-order chi connectivity index (χ1) is 24.7. The fourth-order valence-corrected chi connectivity index (χ4v) is 8.10. The first-order valence-electron chi connectivity index (χ1n) is 17.1. The first kappa shape index (κ1) is 36.6. The quantitative estimate of drug-likeness (QED) is 0.118. The Balaban J connectivity index is 1.46. The van der Waals surface area contributed by atoms with Crippen LogP contribution in [-0.4, -0.2) is 0 Å². The zero-order valence-corrected chi connectivity index (χ0v) is 30.9. The van der Waals surface area contributed by atoms with Gasteiger partial charge in [-0.05, 0) is 94.6 Å². The molecule has 0 radical (unpaired) electrons. The molecule has 0 saturated heterocycles. The Labute approximate surface area is 307 Å². The van der Waals surface area contributed by atoms with Gasteiger partial charge in [0.2, 0.25) is 0 Å². The van der Waals surface area contributed by atoms with Crippen molar-refractivity contribution in [1.29, 1.82) is 0 Å². The molecule has 0 heterocycles. The molecule has 0 N–H and O–H groups in total. The third kappa shape index (κ3) is 8.16. The minimum absolute atomic E-state index is 0.0523. The lowest BCUT2D eigenvalue weighted by Gasteiger charge is -2.28. The number of benzene rings is 6.